The minimum Gasteiger partial charge on any atom is -0.469 e. The highest BCUT2D eigenvalue weighted by molar-refractivity contribution is 6.29. The van der Waals surface area contributed by atoms with Gasteiger partial charge in [0.2, 0.25) is 0 Å². The molecule has 6 heteroatoms. The van der Waals surface area contributed by atoms with Gasteiger partial charge < -0.3 is 4.74 Å². The summed E-state index contributed by atoms with van der Waals surface area (Å²) in [6, 6.07) is 1.73. The molecule has 1 aromatic rings. The zero-order valence-electron chi connectivity index (χ0n) is 10.5. The Hall–Kier alpha value is -1.20. The number of nitrogens with zero attached hydrogens (tertiary/aromatic N) is 3. The highest BCUT2D eigenvalue weighted by Gasteiger charge is 2.29. The fourth-order valence-electron chi connectivity index (χ4n) is 2.19. The van der Waals surface area contributed by atoms with E-state index in [4.69, 9.17) is 16.3 Å². The molecule has 0 N–H and O–H groups in total. The maximum absolute atomic E-state index is 11.4. The van der Waals surface area contributed by atoms with Crippen LogP contribution in [0.15, 0.2) is 6.07 Å². The molecule has 0 aliphatic carbocycles. The zero-order chi connectivity index (χ0) is 13.1. The smallest absolute Gasteiger partial charge is 0.310 e. The maximum atomic E-state index is 11.4. The standard InChI is InChI=1S/C12H16ClN3O2/c1-8-5-10(13)15-11(14-8)7-16-4-3-9(6-16)12(17)18-2/h5,9H,3-4,6-7H2,1-2H3. The van der Waals surface area contributed by atoms with Gasteiger partial charge >= 0.3 is 5.97 Å². The first-order chi connectivity index (χ1) is 8.58. The third-order valence-corrected chi connectivity index (χ3v) is 3.23. The molecule has 1 saturated heterocycles. The topological polar surface area (TPSA) is 55.3 Å². The minimum atomic E-state index is -0.138. The second-order valence-electron chi connectivity index (χ2n) is 4.49. The number of methoxy groups -OCH3 is 1. The van der Waals surface area contributed by atoms with E-state index < -0.39 is 0 Å². The summed E-state index contributed by atoms with van der Waals surface area (Å²) < 4.78 is 4.75. The van der Waals surface area contributed by atoms with E-state index in [9.17, 15) is 4.79 Å². The molecular weight excluding hydrogens is 254 g/mol. The van der Waals surface area contributed by atoms with E-state index in [2.05, 4.69) is 14.9 Å². The molecule has 1 aliphatic rings. The van der Waals surface area contributed by atoms with Crippen LogP contribution in [0.5, 0.6) is 0 Å². The third-order valence-electron chi connectivity index (χ3n) is 3.04. The minimum absolute atomic E-state index is 0.0321. The van der Waals surface area contributed by atoms with Crippen molar-refractivity contribution in [2.24, 2.45) is 5.92 Å². The summed E-state index contributed by atoms with van der Waals surface area (Å²) in [5.74, 6) is 0.529. The number of likely N-dealkylation sites (tertiary alicyclic amines) is 1. The molecule has 0 amide bonds. The molecule has 0 radical (unpaired) electrons. The van der Waals surface area contributed by atoms with E-state index in [0.717, 1.165) is 18.7 Å². The monoisotopic (exact) mass is 269 g/mol. The van der Waals surface area contributed by atoms with E-state index in [1.54, 1.807) is 6.07 Å². The van der Waals surface area contributed by atoms with Gasteiger partial charge in [-0.25, -0.2) is 9.97 Å². The molecule has 1 aromatic heterocycles. The predicted molar refractivity (Wildman–Crippen MR) is 67.2 cm³/mol. The molecule has 0 bridgehead atoms. The Bertz CT molecular complexity index is 433. The van der Waals surface area contributed by atoms with Crippen LogP contribution in [0.1, 0.15) is 17.9 Å². The van der Waals surface area contributed by atoms with Gasteiger partial charge in [0.15, 0.2) is 0 Å². The molecule has 0 saturated carbocycles. The van der Waals surface area contributed by atoms with E-state index in [0.29, 0.717) is 24.1 Å². The average molecular weight is 270 g/mol. The molecule has 18 heavy (non-hydrogen) atoms. The molecular formula is C12H16ClN3O2. The second-order valence-corrected chi connectivity index (χ2v) is 4.88. The van der Waals surface area contributed by atoms with E-state index in [1.165, 1.54) is 7.11 Å². The van der Waals surface area contributed by atoms with Crippen LogP contribution >= 0.6 is 11.6 Å². The van der Waals surface area contributed by atoms with Gasteiger partial charge in [0.1, 0.15) is 11.0 Å². The zero-order valence-corrected chi connectivity index (χ0v) is 11.3. The number of rotatable bonds is 3. The highest BCUT2D eigenvalue weighted by atomic mass is 35.5. The molecule has 1 atom stereocenters. The van der Waals surface area contributed by atoms with Crippen molar-refractivity contribution in [3.63, 3.8) is 0 Å². The van der Waals surface area contributed by atoms with Gasteiger partial charge in [0.05, 0.1) is 19.6 Å². The van der Waals surface area contributed by atoms with Crippen LogP contribution in [-0.4, -0.2) is 41.0 Å². The van der Waals surface area contributed by atoms with Crippen molar-refractivity contribution >= 4 is 17.6 Å². The lowest BCUT2D eigenvalue weighted by atomic mass is 10.1. The molecule has 0 spiro atoms. The SMILES string of the molecule is COC(=O)C1CCN(Cc2nc(C)cc(Cl)n2)C1. The van der Waals surface area contributed by atoms with Crippen LogP contribution in [0, 0.1) is 12.8 Å². The lowest BCUT2D eigenvalue weighted by Crippen LogP contribution is -2.24. The van der Waals surface area contributed by atoms with Gasteiger partial charge in [-0.1, -0.05) is 11.6 Å². The lowest BCUT2D eigenvalue weighted by Gasteiger charge is -2.14. The summed E-state index contributed by atoms with van der Waals surface area (Å²) in [4.78, 5) is 22.1. The van der Waals surface area contributed by atoms with Gasteiger partial charge in [-0.3, -0.25) is 9.69 Å². The number of carbonyl (C=O) groups excluding carboxylic acids is 1. The van der Waals surface area contributed by atoms with Crippen LogP contribution < -0.4 is 0 Å². The van der Waals surface area contributed by atoms with Crippen molar-refractivity contribution in [2.75, 3.05) is 20.2 Å². The Kier molecular flexibility index (Phi) is 4.14. The van der Waals surface area contributed by atoms with Crippen molar-refractivity contribution in [1.29, 1.82) is 0 Å². The van der Waals surface area contributed by atoms with E-state index >= 15 is 0 Å². The van der Waals surface area contributed by atoms with Crippen LogP contribution in [0.2, 0.25) is 5.15 Å². The molecule has 0 aromatic carbocycles. The summed E-state index contributed by atoms with van der Waals surface area (Å²) in [7, 11) is 1.43. The van der Waals surface area contributed by atoms with Crippen LogP contribution in [-0.2, 0) is 16.1 Å². The molecule has 1 unspecified atom stereocenters. The van der Waals surface area contributed by atoms with Crippen LogP contribution in [0.25, 0.3) is 0 Å². The van der Waals surface area contributed by atoms with Gasteiger partial charge in [-0.15, -0.1) is 0 Å². The van der Waals surface area contributed by atoms with Crippen molar-refractivity contribution < 1.29 is 9.53 Å². The Morgan fingerprint density at radius 3 is 3.06 bits per heavy atom. The normalized spacial score (nSPS) is 20.1. The number of carbonyl (C=O) groups is 1. The molecule has 1 aliphatic heterocycles. The van der Waals surface area contributed by atoms with Crippen LogP contribution in [0.4, 0.5) is 0 Å². The first-order valence-corrected chi connectivity index (χ1v) is 6.26. The fourth-order valence-corrected chi connectivity index (χ4v) is 2.45. The number of esters is 1. The van der Waals surface area contributed by atoms with Crippen LogP contribution in [0.3, 0.4) is 0 Å². The summed E-state index contributed by atoms with van der Waals surface area (Å²) in [5, 5.41) is 0.459. The first-order valence-electron chi connectivity index (χ1n) is 5.88. The Morgan fingerprint density at radius 2 is 2.39 bits per heavy atom. The maximum Gasteiger partial charge on any atom is 0.310 e. The average Bonchev–Trinajstić information content (AvgIpc) is 2.75. The highest BCUT2D eigenvalue weighted by Crippen LogP contribution is 2.19. The van der Waals surface area contributed by atoms with E-state index in [-0.39, 0.29) is 11.9 Å². The number of halogens is 1. The van der Waals surface area contributed by atoms with Crippen molar-refractivity contribution in [3.8, 4) is 0 Å². The number of hydrogen-bond acceptors (Lipinski definition) is 5. The van der Waals surface area contributed by atoms with Crippen molar-refractivity contribution in [1.82, 2.24) is 14.9 Å². The first kappa shape index (κ1) is 13.2. The number of aryl methyl sites for hydroxylation is 1. The number of aromatic nitrogens is 2. The van der Waals surface area contributed by atoms with E-state index in [1.807, 2.05) is 6.92 Å². The molecule has 1 fully saturated rings. The predicted octanol–water partition coefficient (Wildman–Crippen LogP) is 1.43. The van der Waals surface area contributed by atoms with Crippen molar-refractivity contribution in [3.05, 3.63) is 22.7 Å². The third kappa shape index (κ3) is 3.17. The number of ether oxygens (including phenoxy) is 1. The van der Waals surface area contributed by atoms with Gasteiger partial charge in [0, 0.05) is 12.2 Å². The summed E-state index contributed by atoms with van der Waals surface area (Å²) in [6.07, 6.45) is 0.826. The summed E-state index contributed by atoms with van der Waals surface area (Å²) >= 11 is 5.89. The molecule has 2 heterocycles. The fraction of sp³-hybridized carbons (Fsp3) is 0.583. The van der Waals surface area contributed by atoms with Gasteiger partial charge in [-0.05, 0) is 26.0 Å². The lowest BCUT2D eigenvalue weighted by molar-refractivity contribution is -0.144. The largest absolute Gasteiger partial charge is 0.469 e. The summed E-state index contributed by atoms with van der Waals surface area (Å²) in [6.45, 7) is 4.06. The molecule has 5 nitrogen and oxygen atoms in total. The Balaban J connectivity index is 1.97. The second kappa shape index (κ2) is 5.63. The Morgan fingerprint density at radius 1 is 1.61 bits per heavy atom. The summed E-state index contributed by atoms with van der Waals surface area (Å²) in [5.41, 5.74) is 0.855. The van der Waals surface area contributed by atoms with Gasteiger partial charge in [-0.2, -0.15) is 0 Å². The van der Waals surface area contributed by atoms with Gasteiger partial charge in [0.25, 0.3) is 0 Å². The number of hydrogen-bond donors (Lipinski definition) is 0. The molecule has 2 rings (SSSR count). The van der Waals surface area contributed by atoms with Crippen molar-refractivity contribution in [2.45, 2.75) is 19.9 Å². The Labute approximate surface area is 111 Å². The quantitative estimate of drug-likeness (QED) is 0.614. The molecule has 98 valence electrons.